The Morgan fingerprint density at radius 2 is 1.21 bits per heavy atom. The molecule has 0 fully saturated rings. The monoisotopic (exact) mass is 363 g/mol. The van der Waals surface area contributed by atoms with Crippen LogP contribution in [-0.4, -0.2) is 22.1 Å². The van der Waals surface area contributed by atoms with Crippen LogP contribution >= 0.6 is 0 Å². The first-order valence-corrected chi connectivity index (χ1v) is 8.83. The minimum absolute atomic E-state index is 0.766. The minimum Gasteiger partial charge on any atom is -0.497 e. The highest BCUT2D eigenvalue weighted by molar-refractivity contribution is 5.65. The number of ether oxygens (including phenoxy) is 1. The van der Waals surface area contributed by atoms with Crippen molar-refractivity contribution in [2.24, 2.45) is 0 Å². The number of rotatable bonds is 3. The average Bonchev–Trinajstić information content (AvgIpc) is 2.79. The van der Waals surface area contributed by atoms with Gasteiger partial charge in [-0.25, -0.2) is 4.98 Å². The summed E-state index contributed by atoms with van der Waals surface area (Å²) in [5.74, 6) is 7.24. The molecule has 0 aliphatic heterocycles. The average molecular weight is 363 g/mol. The zero-order chi connectivity index (χ0) is 19.2. The van der Waals surface area contributed by atoms with E-state index < -0.39 is 0 Å². The second-order valence-electron chi connectivity index (χ2n) is 6.03. The van der Waals surface area contributed by atoms with Gasteiger partial charge in [0.25, 0.3) is 0 Å². The van der Waals surface area contributed by atoms with Crippen molar-refractivity contribution in [3.8, 4) is 40.4 Å². The van der Waals surface area contributed by atoms with Gasteiger partial charge in [-0.05, 0) is 60.7 Å². The Morgan fingerprint density at radius 1 is 0.643 bits per heavy atom. The molecule has 0 saturated heterocycles. The van der Waals surface area contributed by atoms with Crippen LogP contribution in [0.4, 0.5) is 0 Å². The summed E-state index contributed by atoms with van der Waals surface area (Å²) in [6.07, 6.45) is 3.51. The fourth-order valence-electron chi connectivity index (χ4n) is 2.71. The highest BCUT2D eigenvalue weighted by Gasteiger charge is 2.07. The molecule has 28 heavy (non-hydrogen) atoms. The van der Waals surface area contributed by atoms with Crippen LogP contribution in [0.25, 0.3) is 22.8 Å². The molecule has 134 valence electrons. The predicted octanol–water partition coefficient (Wildman–Crippen LogP) is 4.61. The summed E-state index contributed by atoms with van der Waals surface area (Å²) in [6.45, 7) is 0. The zero-order valence-corrected chi connectivity index (χ0v) is 15.3. The summed E-state index contributed by atoms with van der Waals surface area (Å²) in [5.41, 5.74) is 4.90. The third-order valence-electron chi connectivity index (χ3n) is 4.12. The molecule has 0 N–H and O–H groups in total. The van der Waals surface area contributed by atoms with E-state index in [-0.39, 0.29) is 0 Å². The zero-order valence-electron chi connectivity index (χ0n) is 15.3. The van der Waals surface area contributed by atoms with Crippen molar-refractivity contribution in [1.29, 1.82) is 0 Å². The Bertz CT molecular complexity index is 1070. The normalized spacial score (nSPS) is 10.0. The third-order valence-corrected chi connectivity index (χ3v) is 4.12. The number of hydrogen-bond donors (Lipinski definition) is 0. The molecule has 1 aromatic carbocycles. The van der Waals surface area contributed by atoms with Gasteiger partial charge in [0, 0.05) is 23.5 Å². The van der Waals surface area contributed by atoms with Crippen LogP contribution in [-0.2, 0) is 0 Å². The second kappa shape index (κ2) is 8.15. The first-order chi connectivity index (χ1) is 13.8. The molecule has 4 heteroatoms. The van der Waals surface area contributed by atoms with Crippen molar-refractivity contribution in [2.45, 2.75) is 0 Å². The molecule has 0 atom stereocenters. The number of nitrogens with zero attached hydrogens (tertiary/aromatic N) is 3. The number of pyridine rings is 3. The number of hydrogen-bond acceptors (Lipinski definition) is 4. The van der Waals surface area contributed by atoms with Gasteiger partial charge in [0.15, 0.2) is 0 Å². The predicted molar refractivity (Wildman–Crippen MR) is 110 cm³/mol. The highest BCUT2D eigenvalue weighted by Crippen LogP contribution is 2.22. The Kier molecular flexibility index (Phi) is 5.08. The lowest BCUT2D eigenvalue weighted by molar-refractivity contribution is 0.415. The van der Waals surface area contributed by atoms with E-state index in [1.54, 1.807) is 19.5 Å². The lowest BCUT2D eigenvalue weighted by Gasteiger charge is -2.05. The van der Waals surface area contributed by atoms with Crippen molar-refractivity contribution in [3.05, 3.63) is 96.3 Å². The van der Waals surface area contributed by atoms with E-state index in [9.17, 15) is 0 Å². The molecule has 4 rings (SSSR count). The van der Waals surface area contributed by atoms with Crippen LogP contribution in [0.1, 0.15) is 11.1 Å². The molecule has 0 aliphatic rings. The Hall–Kier alpha value is -3.97. The number of benzene rings is 1. The molecular weight excluding hydrogens is 346 g/mol. The minimum atomic E-state index is 0.766. The number of methoxy groups -OCH3 is 1. The van der Waals surface area contributed by atoms with E-state index in [0.29, 0.717) is 0 Å². The van der Waals surface area contributed by atoms with E-state index in [4.69, 9.17) is 9.72 Å². The van der Waals surface area contributed by atoms with Crippen molar-refractivity contribution >= 4 is 0 Å². The molecule has 0 saturated carbocycles. The van der Waals surface area contributed by atoms with Crippen LogP contribution in [0.3, 0.4) is 0 Å². The van der Waals surface area contributed by atoms with Crippen molar-refractivity contribution in [3.63, 3.8) is 0 Å². The van der Waals surface area contributed by atoms with Gasteiger partial charge in [0.1, 0.15) is 5.75 Å². The Morgan fingerprint density at radius 3 is 1.71 bits per heavy atom. The van der Waals surface area contributed by atoms with Gasteiger partial charge in [0.2, 0.25) is 0 Å². The van der Waals surface area contributed by atoms with Crippen molar-refractivity contribution < 1.29 is 4.74 Å². The molecule has 3 heterocycles. The summed E-state index contributed by atoms with van der Waals surface area (Å²) < 4.78 is 5.19. The van der Waals surface area contributed by atoms with Crippen molar-refractivity contribution in [2.75, 3.05) is 7.11 Å². The fourth-order valence-corrected chi connectivity index (χ4v) is 2.71. The molecule has 4 nitrogen and oxygen atoms in total. The fraction of sp³-hybridized carbons (Fsp3) is 0.0417. The maximum atomic E-state index is 5.19. The van der Waals surface area contributed by atoms with Crippen LogP contribution in [0.2, 0.25) is 0 Å². The second-order valence-corrected chi connectivity index (χ2v) is 6.03. The summed E-state index contributed by atoms with van der Waals surface area (Å²) in [5, 5.41) is 0. The highest BCUT2D eigenvalue weighted by atomic mass is 16.5. The first-order valence-electron chi connectivity index (χ1n) is 8.83. The summed E-state index contributed by atoms with van der Waals surface area (Å²) in [4.78, 5) is 13.6. The molecular formula is C24H17N3O. The molecule has 0 unspecified atom stereocenters. The van der Waals surface area contributed by atoms with Gasteiger partial charge in [-0.2, -0.15) is 0 Å². The van der Waals surface area contributed by atoms with Gasteiger partial charge in [0.05, 0.1) is 29.9 Å². The third kappa shape index (κ3) is 4.05. The van der Waals surface area contributed by atoms with Crippen LogP contribution < -0.4 is 4.74 Å². The van der Waals surface area contributed by atoms with Gasteiger partial charge in [-0.15, -0.1) is 0 Å². The Balaban J connectivity index is 1.77. The molecule has 0 radical (unpaired) electrons. The van der Waals surface area contributed by atoms with Crippen LogP contribution in [0.15, 0.2) is 85.2 Å². The van der Waals surface area contributed by atoms with E-state index in [0.717, 1.165) is 39.7 Å². The van der Waals surface area contributed by atoms with Gasteiger partial charge < -0.3 is 4.74 Å². The molecule has 0 bridgehead atoms. The number of aromatic nitrogens is 3. The topological polar surface area (TPSA) is 47.9 Å². The molecule has 0 spiro atoms. The summed E-state index contributed by atoms with van der Waals surface area (Å²) in [7, 11) is 1.65. The SMILES string of the molecule is COc1ccc(C#Cc2cc(-c3ccccn3)nc(-c3ccccn3)c2)cc1. The van der Waals surface area contributed by atoms with Gasteiger partial charge in [-0.3, -0.25) is 9.97 Å². The van der Waals surface area contributed by atoms with Gasteiger partial charge >= 0.3 is 0 Å². The first kappa shape index (κ1) is 17.4. The lowest BCUT2D eigenvalue weighted by Crippen LogP contribution is -1.93. The lowest BCUT2D eigenvalue weighted by atomic mass is 10.1. The van der Waals surface area contributed by atoms with Crippen LogP contribution in [0.5, 0.6) is 5.75 Å². The molecule has 0 amide bonds. The summed E-state index contributed by atoms with van der Waals surface area (Å²) >= 11 is 0. The summed E-state index contributed by atoms with van der Waals surface area (Å²) in [6, 6.07) is 23.1. The van der Waals surface area contributed by atoms with E-state index in [1.807, 2.05) is 72.8 Å². The molecule has 0 aliphatic carbocycles. The van der Waals surface area contributed by atoms with Crippen molar-refractivity contribution in [1.82, 2.24) is 15.0 Å². The van der Waals surface area contributed by atoms with Crippen LogP contribution in [0, 0.1) is 11.8 Å². The van der Waals surface area contributed by atoms with E-state index >= 15 is 0 Å². The molecule has 3 aromatic heterocycles. The maximum absolute atomic E-state index is 5.19. The quantitative estimate of drug-likeness (QED) is 0.499. The molecule has 4 aromatic rings. The largest absolute Gasteiger partial charge is 0.497 e. The Labute approximate surface area is 163 Å². The van der Waals surface area contributed by atoms with E-state index in [1.165, 1.54) is 0 Å². The van der Waals surface area contributed by atoms with Gasteiger partial charge in [-0.1, -0.05) is 24.0 Å². The maximum Gasteiger partial charge on any atom is 0.118 e. The smallest absolute Gasteiger partial charge is 0.118 e. The van der Waals surface area contributed by atoms with E-state index in [2.05, 4.69) is 21.8 Å². The standard InChI is InChI=1S/C24H17N3O/c1-28-20-12-10-18(11-13-20)8-9-19-16-23(21-6-2-4-14-25-21)27-24(17-19)22-7-3-5-15-26-22/h2-7,10-17H,1H3.